The molecular weight excluding hydrogens is 304 g/mol. The molecule has 1 N–H and O–H groups in total. The van der Waals surface area contributed by atoms with Gasteiger partial charge < -0.3 is 14.3 Å². The Kier molecular flexibility index (Phi) is 4.01. The molecule has 1 aliphatic rings. The number of rotatable bonds is 4. The van der Waals surface area contributed by atoms with Gasteiger partial charge in [-0.15, -0.1) is 10.2 Å². The number of aliphatic hydroxyl groups is 1. The van der Waals surface area contributed by atoms with Gasteiger partial charge in [0.15, 0.2) is 6.61 Å². The van der Waals surface area contributed by atoms with Gasteiger partial charge in [0, 0.05) is 5.56 Å². The Balaban J connectivity index is 1.50. The Hall–Kier alpha value is -2.66. The number of ether oxygens (including phenoxy) is 1. The molecule has 1 heterocycles. The largest absolute Gasteiger partial charge is 0.484 e. The zero-order chi connectivity index (χ0) is 16.4. The summed E-state index contributed by atoms with van der Waals surface area (Å²) in [5.74, 6) is 1.70. The number of fused-ring (bicyclic) bond motifs is 1. The van der Waals surface area contributed by atoms with Crippen molar-refractivity contribution in [2.75, 3.05) is 0 Å². The third-order valence-electron chi connectivity index (χ3n) is 4.27. The standard InChI is InChI=1S/C19H18N2O3/c22-16-10-4-9-15-14(16)8-5-11-17(15)23-12-18-20-21-19(24-18)13-6-2-1-3-7-13/h1-3,5-8,11,16,22H,4,9-10,12H2/t16-/m1/s1. The lowest BCUT2D eigenvalue weighted by Crippen LogP contribution is -2.11. The molecule has 0 spiro atoms. The van der Waals surface area contributed by atoms with Gasteiger partial charge in [0.25, 0.3) is 5.89 Å². The number of benzene rings is 2. The molecule has 0 amide bonds. The Morgan fingerprint density at radius 2 is 1.96 bits per heavy atom. The molecule has 4 rings (SSSR count). The van der Waals surface area contributed by atoms with Gasteiger partial charge in [0.1, 0.15) is 5.75 Å². The predicted molar refractivity (Wildman–Crippen MR) is 88.4 cm³/mol. The highest BCUT2D eigenvalue weighted by atomic mass is 16.5. The van der Waals surface area contributed by atoms with E-state index >= 15 is 0 Å². The van der Waals surface area contributed by atoms with Crippen molar-refractivity contribution in [1.82, 2.24) is 10.2 Å². The molecule has 24 heavy (non-hydrogen) atoms. The van der Waals surface area contributed by atoms with Gasteiger partial charge in [0.2, 0.25) is 5.89 Å². The van der Waals surface area contributed by atoms with Crippen LogP contribution in [-0.2, 0) is 13.0 Å². The summed E-state index contributed by atoms with van der Waals surface area (Å²) in [7, 11) is 0. The fourth-order valence-electron chi connectivity index (χ4n) is 3.07. The van der Waals surface area contributed by atoms with E-state index in [1.54, 1.807) is 0 Å². The van der Waals surface area contributed by atoms with Gasteiger partial charge in [-0.1, -0.05) is 30.3 Å². The van der Waals surface area contributed by atoms with E-state index in [0.717, 1.165) is 41.7 Å². The van der Waals surface area contributed by atoms with Gasteiger partial charge in [0.05, 0.1) is 6.10 Å². The second kappa shape index (κ2) is 6.45. The van der Waals surface area contributed by atoms with Crippen molar-refractivity contribution in [1.29, 1.82) is 0 Å². The Labute approximate surface area is 139 Å². The molecule has 1 aromatic heterocycles. The Bertz CT molecular complexity index is 830. The van der Waals surface area contributed by atoms with E-state index < -0.39 is 6.10 Å². The molecule has 2 aromatic carbocycles. The third-order valence-corrected chi connectivity index (χ3v) is 4.27. The molecule has 1 atom stereocenters. The first kappa shape index (κ1) is 14.9. The third kappa shape index (κ3) is 2.90. The van der Waals surface area contributed by atoms with Gasteiger partial charge in [-0.3, -0.25) is 0 Å². The van der Waals surface area contributed by atoms with Crippen molar-refractivity contribution in [2.24, 2.45) is 0 Å². The van der Waals surface area contributed by atoms with Crippen LogP contribution in [0.1, 0.15) is 36.0 Å². The fourth-order valence-corrected chi connectivity index (χ4v) is 3.07. The van der Waals surface area contributed by atoms with E-state index in [2.05, 4.69) is 10.2 Å². The second-order valence-corrected chi connectivity index (χ2v) is 5.89. The first-order chi connectivity index (χ1) is 11.8. The lowest BCUT2D eigenvalue weighted by Gasteiger charge is -2.23. The van der Waals surface area contributed by atoms with E-state index in [1.165, 1.54) is 0 Å². The predicted octanol–water partition coefficient (Wildman–Crippen LogP) is 3.69. The van der Waals surface area contributed by atoms with Gasteiger partial charge >= 0.3 is 0 Å². The summed E-state index contributed by atoms with van der Waals surface area (Å²) in [6.45, 7) is 0.215. The van der Waals surface area contributed by atoms with E-state index in [1.807, 2.05) is 48.5 Å². The highest BCUT2D eigenvalue weighted by Crippen LogP contribution is 2.35. The molecule has 0 unspecified atom stereocenters. The van der Waals surface area contributed by atoms with E-state index in [4.69, 9.17) is 9.15 Å². The summed E-state index contributed by atoms with van der Waals surface area (Å²) >= 11 is 0. The van der Waals surface area contributed by atoms with Gasteiger partial charge in [-0.25, -0.2) is 0 Å². The first-order valence-electron chi connectivity index (χ1n) is 8.12. The lowest BCUT2D eigenvalue weighted by atomic mass is 9.89. The quantitative estimate of drug-likeness (QED) is 0.793. The van der Waals surface area contributed by atoms with E-state index in [9.17, 15) is 5.11 Å². The molecule has 3 aromatic rings. The van der Waals surface area contributed by atoms with Crippen molar-refractivity contribution in [3.8, 4) is 17.2 Å². The minimum absolute atomic E-state index is 0.215. The zero-order valence-corrected chi connectivity index (χ0v) is 13.2. The molecule has 5 nitrogen and oxygen atoms in total. The summed E-state index contributed by atoms with van der Waals surface area (Å²) in [4.78, 5) is 0. The van der Waals surface area contributed by atoms with E-state index in [0.29, 0.717) is 11.8 Å². The number of nitrogens with zero attached hydrogens (tertiary/aromatic N) is 2. The summed E-state index contributed by atoms with van der Waals surface area (Å²) in [6, 6.07) is 15.4. The average molecular weight is 322 g/mol. The second-order valence-electron chi connectivity index (χ2n) is 5.89. The van der Waals surface area contributed by atoms with Crippen molar-refractivity contribution < 1.29 is 14.3 Å². The Morgan fingerprint density at radius 3 is 2.83 bits per heavy atom. The normalized spacial score (nSPS) is 16.6. The van der Waals surface area contributed by atoms with Gasteiger partial charge in [-0.2, -0.15) is 0 Å². The molecule has 0 bridgehead atoms. The summed E-state index contributed by atoms with van der Waals surface area (Å²) in [6.07, 6.45) is 2.29. The van der Waals surface area contributed by atoms with Crippen molar-refractivity contribution >= 4 is 0 Å². The van der Waals surface area contributed by atoms with Crippen LogP contribution in [0.5, 0.6) is 5.75 Å². The minimum atomic E-state index is -0.398. The summed E-state index contributed by atoms with van der Waals surface area (Å²) in [5.41, 5.74) is 2.93. The number of hydrogen-bond donors (Lipinski definition) is 1. The number of aromatic nitrogens is 2. The van der Waals surface area contributed by atoms with Crippen molar-refractivity contribution in [3.05, 3.63) is 65.5 Å². The smallest absolute Gasteiger partial charge is 0.254 e. The van der Waals surface area contributed by atoms with E-state index in [-0.39, 0.29) is 6.61 Å². The van der Waals surface area contributed by atoms with Crippen LogP contribution in [0.2, 0.25) is 0 Å². The van der Waals surface area contributed by atoms with Crippen LogP contribution < -0.4 is 4.74 Å². The monoisotopic (exact) mass is 322 g/mol. The maximum absolute atomic E-state index is 10.1. The van der Waals surface area contributed by atoms with Gasteiger partial charge in [-0.05, 0) is 48.6 Å². The SMILES string of the molecule is O[C@@H]1CCCc2c(OCc3nnc(-c4ccccc4)o3)cccc21. The maximum atomic E-state index is 10.1. The summed E-state index contributed by atoms with van der Waals surface area (Å²) < 4.78 is 11.5. The lowest BCUT2D eigenvalue weighted by molar-refractivity contribution is 0.154. The van der Waals surface area contributed by atoms with Crippen LogP contribution in [0, 0.1) is 0 Å². The highest BCUT2D eigenvalue weighted by Gasteiger charge is 2.21. The molecule has 5 heteroatoms. The maximum Gasteiger partial charge on any atom is 0.254 e. The fraction of sp³-hybridized carbons (Fsp3) is 0.263. The number of aliphatic hydroxyl groups excluding tert-OH is 1. The summed E-state index contributed by atoms with van der Waals surface area (Å²) in [5, 5.41) is 18.2. The number of hydrogen-bond acceptors (Lipinski definition) is 5. The molecule has 0 fully saturated rings. The highest BCUT2D eigenvalue weighted by molar-refractivity contribution is 5.51. The first-order valence-corrected chi connectivity index (χ1v) is 8.12. The van der Waals surface area contributed by atoms with Crippen LogP contribution in [0.3, 0.4) is 0 Å². The van der Waals surface area contributed by atoms with Crippen LogP contribution in [0.4, 0.5) is 0 Å². The topological polar surface area (TPSA) is 68.4 Å². The van der Waals surface area contributed by atoms with Crippen molar-refractivity contribution in [2.45, 2.75) is 32.0 Å². The molecule has 0 aliphatic heterocycles. The van der Waals surface area contributed by atoms with Crippen LogP contribution in [0.15, 0.2) is 52.9 Å². The molecular formula is C19H18N2O3. The van der Waals surface area contributed by atoms with Crippen LogP contribution in [0.25, 0.3) is 11.5 Å². The minimum Gasteiger partial charge on any atom is -0.484 e. The van der Waals surface area contributed by atoms with Crippen LogP contribution >= 0.6 is 0 Å². The molecule has 122 valence electrons. The van der Waals surface area contributed by atoms with Crippen LogP contribution in [-0.4, -0.2) is 15.3 Å². The molecule has 0 saturated carbocycles. The van der Waals surface area contributed by atoms with Crippen molar-refractivity contribution in [3.63, 3.8) is 0 Å². The molecule has 0 saturated heterocycles. The average Bonchev–Trinajstić information content (AvgIpc) is 3.10. The Morgan fingerprint density at radius 1 is 1.08 bits per heavy atom. The zero-order valence-electron chi connectivity index (χ0n) is 13.2. The molecule has 1 aliphatic carbocycles. The molecule has 0 radical (unpaired) electrons.